The molecule has 140 valence electrons. The molecule has 0 aromatic carbocycles. The van der Waals surface area contributed by atoms with E-state index in [1.54, 1.807) is 29.3 Å². The number of fused-ring (bicyclic) bond motifs is 1. The molecular weight excluding hydrogens is 360 g/mol. The first kappa shape index (κ1) is 17.2. The molecule has 1 saturated carbocycles. The van der Waals surface area contributed by atoms with E-state index in [0.29, 0.717) is 11.1 Å². The van der Waals surface area contributed by atoms with Gasteiger partial charge in [0.25, 0.3) is 0 Å². The zero-order valence-corrected chi connectivity index (χ0v) is 14.0. The van der Waals surface area contributed by atoms with Crippen molar-refractivity contribution in [2.24, 2.45) is 0 Å². The van der Waals surface area contributed by atoms with E-state index < -0.39 is 10.8 Å². The van der Waals surface area contributed by atoms with Gasteiger partial charge >= 0.3 is 5.69 Å². The summed E-state index contributed by atoms with van der Waals surface area (Å²) in [7, 11) is 0. The summed E-state index contributed by atoms with van der Waals surface area (Å²) in [5.74, 6) is -2.42. The molecule has 0 bridgehead atoms. The molecule has 0 unspecified atom stereocenters. The summed E-state index contributed by atoms with van der Waals surface area (Å²) in [5.41, 5.74) is 0.913. The van der Waals surface area contributed by atoms with Crippen LogP contribution < -0.4 is 5.32 Å². The van der Waals surface area contributed by atoms with E-state index in [2.05, 4.69) is 25.4 Å². The lowest BCUT2D eigenvalue weighted by Gasteiger charge is -2.28. The molecule has 0 amide bonds. The first-order valence-corrected chi connectivity index (χ1v) is 8.36. The number of halogens is 2. The molecule has 1 N–H and O–H groups in total. The van der Waals surface area contributed by atoms with Crippen LogP contribution in [0.1, 0.15) is 25.7 Å². The molecule has 0 aliphatic heterocycles. The van der Waals surface area contributed by atoms with Gasteiger partial charge in [0, 0.05) is 31.3 Å². The fraction of sp³-hybridized carbons (Fsp3) is 0.375. The smallest absolute Gasteiger partial charge is 0.329 e. The Bertz CT molecular complexity index is 997. The molecule has 1 fully saturated rings. The van der Waals surface area contributed by atoms with Crippen molar-refractivity contribution in [2.45, 2.75) is 37.6 Å². The molecule has 0 atom stereocenters. The number of nitrogens with zero attached hydrogens (tertiary/aromatic N) is 6. The van der Waals surface area contributed by atoms with Gasteiger partial charge in [0.1, 0.15) is 6.20 Å². The van der Waals surface area contributed by atoms with Gasteiger partial charge in [0.05, 0.1) is 28.4 Å². The highest BCUT2D eigenvalue weighted by Gasteiger charge is 2.35. The van der Waals surface area contributed by atoms with Crippen LogP contribution in [0.2, 0.25) is 0 Å². The predicted molar refractivity (Wildman–Crippen MR) is 91.5 cm³/mol. The highest BCUT2D eigenvalue weighted by Crippen LogP contribution is 2.35. The normalized spacial score (nSPS) is 17.1. The zero-order chi connectivity index (χ0) is 19.0. The topological polar surface area (TPSA) is 111 Å². The maximum absolute atomic E-state index is 13.3. The Morgan fingerprint density at radius 3 is 2.78 bits per heavy atom. The predicted octanol–water partition coefficient (Wildman–Crippen LogP) is 3.08. The second kappa shape index (κ2) is 6.49. The lowest BCUT2D eigenvalue weighted by molar-refractivity contribution is -0.384. The number of nitrogens with one attached hydrogen (secondary N) is 1. The number of hydrogen-bond acceptors (Lipinski definition) is 7. The summed E-state index contributed by atoms with van der Waals surface area (Å²) in [4.78, 5) is 23.1. The van der Waals surface area contributed by atoms with E-state index >= 15 is 0 Å². The van der Waals surface area contributed by atoms with Crippen LogP contribution in [0.5, 0.6) is 0 Å². The van der Waals surface area contributed by atoms with Crippen molar-refractivity contribution in [3.05, 3.63) is 41.1 Å². The second-order valence-electron chi connectivity index (χ2n) is 6.42. The average molecular weight is 375 g/mol. The number of aromatic nitrogens is 5. The molecule has 3 aromatic rings. The minimum Gasteiger partial charge on any atom is -0.361 e. The number of anilines is 1. The Hall–Kier alpha value is -3.24. The third-order valence-electron chi connectivity index (χ3n) is 4.59. The average Bonchev–Trinajstić information content (AvgIpc) is 3.07. The molecule has 3 aromatic heterocycles. The van der Waals surface area contributed by atoms with E-state index in [4.69, 9.17) is 0 Å². The van der Waals surface area contributed by atoms with Crippen molar-refractivity contribution >= 4 is 17.0 Å². The lowest BCUT2D eigenvalue weighted by Crippen LogP contribution is -2.32. The van der Waals surface area contributed by atoms with Gasteiger partial charge < -0.3 is 5.32 Å². The van der Waals surface area contributed by atoms with Gasteiger partial charge in [-0.1, -0.05) is 0 Å². The summed E-state index contributed by atoms with van der Waals surface area (Å²) in [5, 5.41) is 18.4. The summed E-state index contributed by atoms with van der Waals surface area (Å²) in [6, 6.07) is -0.309. The minimum absolute atomic E-state index is 0.0171. The van der Waals surface area contributed by atoms with Gasteiger partial charge in [-0.05, 0) is 12.8 Å². The first-order valence-electron chi connectivity index (χ1n) is 8.36. The monoisotopic (exact) mass is 375 g/mol. The van der Waals surface area contributed by atoms with Crippen molar-refractivity contribution in [3.63, 3.8) is 0 Å². The largest absolute Gasteiger partial charge is 0.361 e. The van der Waals surface area contributed by atoms with Crippen LogP contribution in [-0.4, -0.2) is 41.5 Å². The van der Waals surface area contributed by atoms with Gasteiger partial charge in [-0.15, -0.1) is 0 Å². The van der Waals surface area contributed by atoms with Gasteiger partial charge in [-0.2, -0.15) is 5.10 Å². The van der Waals surface area contributed by atoms with Crippen LogP contribution >= 0.6 is 0 Å². The third-order valence-corrected chi connectivity index (χ3v) is 4.59. The number of hydrogen-bond donors (Lipinski definition) is 1. The van der Waals surface area contributed by atoms with Crippen molar-refractivity contribution in [1.29, 1.82) is 0 Å². The van der Waals surface area contributed by atoms with E-state index in [1.807, 2.05) is 0 Å². The number of alkyl halides is 2. The van der Waals surface area contributed by atoms with Crippen LogP contribution in [-0.2, 0) is 0 Å². The van der Waals surface area contributed by atoms with Crippen molar-refractivity contribution in [1.82, 2.24) is 24.6 Å². The van der Waals surface area contributed by atoms with E-state index in [0.717, 1.165) is 6.20 Å². The van der Waals surface area contributed by atoms with Gasteiger partial charge in [0.15, 0.2) is 5.82 Å². The summed E-state index contributed by atoms with van der Waals surface area (Å²) < 4.78 is 28.3. The Labute approximate surface area is 151 Å². The first-order chi connectivity index (χ1) is 12.9. The molecular formula is C16H15F2N7O2. The van der Waals surface area contributed by atoms with Gasteiger partial charge in [0.2, 0.25) is 11.7 Å². The molecule has 0 spiro atoms. The Kier molecular flexibility index (Phi) is 4.13. The molecule has 9 nitrogen and oxygen atoms in total. The van der Waals surface area contributed by atoms with E-state index in [1.165, 1.54) is 0 Å². The van der Waals surface area contributed by atoms with Crippen molar-refractivity contribution in [2.75, 3.05) is 5.32 Å². The Morgan fingerprint density at radius 2 is 2.04 bits per heavy atom. The standard InChI is InChI=1S/C16H15F2N7O2/c17-16(18)3-1-10(2-4-16)22-15-13(25(26)27)9-20-14(23-15)11-7-21-24-6-5-19-8-12(11)24/h5-10H,1-4H2,(H,20,22,23). The third kappa shape index (κ3) is 3.39. The summed E-state index contributed by atoms with van der Waals surface area (Å²) in [6.45, 7) is 0. The summed E-state index contributed by atoms with van der Waals surface area (Å²) in [6.07, 6.45) is 7.40. The van der Waals surface area contributed by atoms with E-state index in [9.17, 15) is 18.9 Å². The number of rotatable bonds is 4. The molecule has 0 saturated heterocycles. The fourth-order valence-electron chi connectivity index (χ4n) is 3.13. The highest BCUT2D eigenvalue weighted by atomic mass is 19.3. The molecule has 27 heavy (non-hydrogen) atoms. The van der Waals surface area contributed by atoms with Crippen LogP contribution in [0.4, 0.5) is 20.3 Å². The molecule has 0 radical (unpaired) electrons. The Morgan fingerprint density at radius 1 is 1.26 bits per heavy atom. The lowest BCUT2D eigenvalue weighted by atomic mass is 9.92. The molecule has 11 heteroatoms. The summed E-state index contributed by atoms with van der Waals surface area (Å²) >= 11 is 0. The van der Waals surface area contributed by atoms with Crippen LogP contribution in [0.3, 0.4) is 0 Å². The maximum Gasteiger partial charge on any atom is 0.329 e. The van der Waals surface area contributed by atoms with Crippen molar-refractivity contribution < 1.29 is 13.7 Å². The molecule has 1 aliphatic carbocycles. The van der Waals surface area contributed by atoms with Crippen LogP contribution in [0.15, 0.2) is 31.0 Å². The van der Waals surface area contributed by atoms with Gasteiger partial charge in [-0.25, -0.2) is 23.3 Å². The molecule has 1 aliphatic rings. The quantitative estimate of drug-likeness (QED) is 0.551. The fourth-order valence-corrected chi connectivity index (χ4v) is 3.13. The zero-order valence-electron chi connectivity index (χ0n) is 14.0. The van der Waals surface area contributed by atoms with Crippen LogP contribution in [0, 0.1) is 10.1 Å². The maximum atomic E-state index is 13.3. The van der Waals surface area contributed by atoms with E-state index in [-0.39, 0.29) is 49.1 Å². The Balaban J connectivity index is 1.68. The molecule has 3 heterocycles. The second-order valence-corrected chi connectivity index (χ2v) is 6.42. The van der Waals surface area contributed by atoms with Gasteiger partial charge in [-0.3, -0.25) is 15.1 Å². The van der Waals surface area contributed by atoms with Crippen molar-refractivity contribution in [3.8, 4) is 11.4 Å². The number of nitro groups is 1. The highest BCUT2D eigenvalue weighted by molar-refractivity contribution is 5.76. The SMILES string of the molecule is O=[N+]([O-])c1cnc(-c2cnn3ccncc23)nc1NC1CCC(F)(F)CC1. The minimum atomic E-state index is -2.68. The van der Waals surface area contributed by atoms with Crippen LogP contribution in [0.25, 0.3) is 16.9 Å². The molecule has 4 rings (SSSR count).